The van der Waals surface area contributed by atoms with E-state index >= 15 is 0 Å². The molecule has 1 heterocycles. The molecule has 7 heteroatoms. The van der Waals surface area contributed by atoms with Gasteiger partial charge in [-0.3, -0.25) is 9.59 Å². The maximum Gasteiger partial charge on any atom is 0.257 e. The number of halogens is 2. The van der Waals surface area contributed by atoms with Crippen molar-refractivity contribution in [3.63, 3.8) is 0 Å². The van der Waals surface area contributed by atoms with Crippen LogP contribution in [0.3, 0.4) is 0 Å². The van der Waals surface area contributed by atoms with E-state index in [9.17, 15) is 18.4 Å². The van der Waals surface area contributed by atoms with Gasteiger partial charge in [-0.2, -0.15) is 0 Å². The average molecular weight is 354 g/mol. The highest BCUT2D eigenvalue weighted by atomic mass is 19.1. The van der Waals surface area contributed by atoms with Gasteiger partial charge in [-0.25, -0.2) is 8.78 Å². The Bertz CT molecular complexity index is 651. The molecule has 0 aliphatic carbocycles. The Hall–Kier alpha value is -2.18. The van der Waals surface area contributed by atoms with Crippen LogP contribution in [0.4, 0.5) is 8.78 Å². The number of carbonyl (C=O) groups excluding carboxylic acids is 2. The minimum atomic E-state index is -1.01. The Balaban J connectivity index is 2.12. The third-order valence-corrected chi connectivity index (χ3v) is 4.56. The number of amides is 2. The standard InChI is InChI=1S/C18H24F2N2O3/c1-4-15(23)22-9-8-11(3)13(22)10-21-18(24)16-12(19)6-7-14(17(16)20)25-5-2/h6-7,11,13H,4-5,8-10H2,1-3H3,(H,21,24). The molecule has 1 saturated heterocycles. The number of carbonyl (C=O) groups is 2. The summed E-state index contributed by atoms with van der Waals surface area (Å²) in [4.78, 5) is 26.0. The molecule has 5 nitrogen and oxygen atoms in total. The molecule has 0 saturated carbocycles. The average Bonchev–Trinajstić information content (AvgIpc) is 2.95. The highest BCUT2D eigenvalue weighted by molar-refractivity contribution is 5.95. The number of ether oxygens (including phenoxy) is 1. The van der Waals surface area contributed by atoms with Crippen LogP contribution in [-0.2, 0) is 4.79 Å². The first kappa shape index (κ1) is 19.1. The summed E-state index contributed by atoms with van der Waals surface area (Å²) in [5.74, 6) is -2.75. The second-order valence-corrected chi connectivity index (χ2v) is 6.15. The summed E-state index contributed by atoms with van der Waals surface area (Å²) < 4.78 is 33.3. The molecule has 0 spiro atoms. The van der Waals surface area contributed by atoms with E-state index in [4.69, 9.17) is 4.74 Å². The molecule has 0 aromatic heterocycles. The van der Waals surface area contributed by atoms with Crippen molar-refractivity contribution >= 4 is 11.8 Å². The van der Waals surface area contributed by atoms with Crippen LogP contribution in [0, 0.1) is 17.6 Å². The summed E-state index contributed by atoms with van der Waals surface area (Å²) in [5, 5.41) is 2.56. The van der Waals surface area contributed by atoms with Gasteiger partial charge in [-0.1, -0.05) is 13.8 Å². The maximum atomic E-state index is 14.3. The van der Waals surface area contributed by atoms with Gasteiger partial charge in [0.15, 0.2) is 11.6 Å². The molecule has 0 radical (unpaired) electrons. The van der Waals surface area contributed by atoms with E-state index in [0.29, 0.717) is 13.0 Å². The van der Waals surface area contributed by atoms with Crippen LogP contribution in [-0.4, -0.2) is 42.5 Å². The summed E-state index contributed by atoms with van der Waals surface area (Å²) >= 11 is 0. The van der Waals surface area contributed by atoms with Crippen LogP contribution < -0.4 is 10.1 Å². The first-order valence-corrected chi connectivity index (χ1v) is 8.59. The van der Waals surface area contributed by atoms with Gasteiger partial charge in [0, 0.05) is 19.5 Å². The van der Waals surface area contributed by atoms with E-state index in [1.54, 1.807) is 18.7 Å². The molecule has 1 fully saturated rings. The lowest BCUT2D eigenvalue weighted by atomic mass is 10.0. The smallest absolute Gasteiger partial charge is 0.257 e. The molecule has 1 aliphatic heterocycles. The number of nitrogens with zero attached hydrogens (tertiary/aromatic N) is 1. The Labute approximate surface area is 146 Å². The van der Waals surface area contributed by atoms with Crippen LogP contribution in [0.25, 0.3) is 0 Å². The van der Waals surface area contributed by atoms with Crippen molar-refractivity contribution in [1.82, 2.24) is 10.2 Å². The molecule has 2 rings (SSSR count). The van der Waals surface area contributed by atoms with Gasteiger partial charge in [0.05, 0.1) is 12.6 Å². The third kappa shape index (κ3) is 4.08. The van der Waals surface area contributed by atoms with Crippen molar-refractivity contribution in [2.75, 3.05) is 19.7 Å². The number of rotatable bonds is 6. The van der Waals surface area contributed by atoms with E-state index in [0.717, 1.165) is 18.6 Å². The van der Waals surface area contributed by atoms with Crippen molar-refractivity contribution in [2.45, 2.75) is 39.7 Å². The number of nitrogens with one attached hydrogen (secondary N) is 1. The van der Waals surface area contributed by atoms with Gasteiger partial charge in [-0.15, -0.1) is 0 Å². The molecule has 1 aromatic carbocycles. The lowest BCUT2D eigenvalue weighted by molar-refractivity contribution is -0.131. The van der Waals surface area contributed by atoms with Gasteiger partial charge in [0.1, 0.15) is 11.4 Å². The lowest BCUT2D eigenvalue weighted by Crippen LogP contribution is -2.45. The second-order valence-electron chi connectivity index (χ2n) is 6.15. The lowest BCUT2D eigenvalue weighted by Gasteiger charge is -2.27. The molecule has 1 aromatic rings. The van der Waals surface area contributed by atoms with Crippen molar-refractivity contribution in [2.24, 2.45) is 5.92 Å². The normalized spacial score (nSPS) is 19.8. The molecule has 0 bridgehead atoms. The van der Waals surface area contributed by atoms with Crippen LogP contribution in [0.2, 0.25) is 0 Å². The molecule has 2 unspecified atom stereocenters. The first-order chi connectivity index (χ1) is 11.9. The van der Waals surface area contributed by atoms with Crippen LogP contribution in [0.1, 0.15) is 44.0 Å². The largest absolute Gasteiger partial charge is 0.491 e. The van der Waals surface area contributed by atoms with Crippen molar-refractivity contribution < 1.29 is 23.1 Å². The minimum Gasteiger partial charge on any atom is -0.491 e. The summed E-state index contributed by atoms with van der Waals surface area (Å²) in [7, 11) is 0. The van der Waals surface area contributed by atoms with Gasteiger partial charge >= 0.3 is 0 Å². The monoisotopic (exact) mass is 354 g/mol. The fourth-order valence-electron chi connectivity index (χ4n) is 3.13. The van der Waals surface area contributed by atoms with E-state index in [2.05, 4.69) is 5.32 Å². The minimum absolute atomic E-state index is 0.0132. The Morgan fingerprint density at radius 2 is 2.04 bits per heavy atom. The SMILES string of the molecule is CCOc1ccc(F)c(C(=O)NCC2C(C)CCN2C(=O)CC)c1F. The third-order valence-electron chi connectivity index (χ3n) is 4.56. The first-order valence-electron chi connectivity index (χ1n) is 8.59. The van der Waals surface area contributed by atoms with Crippen molar-refractivity contribution in [3.05, 3.63) is 29.3 Å². The maximum absolute atomic E-state index is 14.3. The van der Waals surface area contributed by atoms with E-state index in [-0.39, 0.29) is 36.8 Å². The van der Waals surface area contributed by atoms with Crippen molar-refractivity contribution in [3.8, 4) is 5.75 Å². The number of hydrogen-bond acceptors (Lipinski definition) is 3. The zero-order valence-corrected chi connectivity index (χ0v) is 14.8. The molecule has 2 amide bonds. The van der Waals surface area contributed by atoms with Crippen LogP contribution >= 0.6 is 0 Å². The molecular weight excluding hydrogens is 330 g/mol. The molecule has 2 atom stereocenters. The number of hydrogen-bond donors (Lipinski definition) is 1. The molecule has 1 aliphatic rings. The zero-order valence-electron chi connectivity index (χ0n) is 14.8. The van der Waals surface area contributed by atoms with Crippen LogP contribution in [0.15, 0.2) is 12.1 Å². The van der Waals surface area contributed by atoms with Gasteiger partial charge in [0.25, 0.3) is 5.91 Å². The quantitative estimate of drug-likeness (QED) is 0.855. The molecule has 138 valence electrons. The Kier molecular flexibility index (Phi) is 6.33. The topological polar surface area (TPSA) is 58.6 Å². The van der Waals surface area contributed by atoms with Gasteiger partial charge < -0.3 is 15.0 Å². The molecular formula is C18H24F2N2O3. The predicted molar refractivity (Wildman–Crippen MR) is 89.4 cm³/mol. The zero-order chi connectivity index (χ0) is 18.6. The van der Waals surface area contributed by atoms with Crippen LogP contribution in [0.5, 0.6) is 5.75 Å². The fourth-order valence-corrected chi connectivity index (χ4v) is 3.13. The Morgan fingerprint density at radius 3 is 2.68 bits per heavy atom. The summed E-state index contributed by atoms with van der Waals surface area (Å²) in [6.07, 6.45) is 1.23. The summed E-state index contributed by atoms with van der Waals surface area (Å²) in [5.41, 5.74) is -0.662. The molecule has 25 heavy (non-hydrogen) atoms. The predicted octanol–water partition coefficient (Wildman–Crippen LogP) is 2.74. The fraction of sp³-hybridized carbons (Fsp3) is 0.556. The highest BCUT2D eigenvalue weighted by Gasteiger charge is 2.34. The number of likely N-dealkylation sites (tertiary alicyclic amines) is 1. The van der Waals surface area contributed by atoms with Crippen molar-refractivity contribution in [1.29, 1.82) is 0 Å². The summed E-state index contributed by atoms with van der Waals surface area (Å²) in [6, 6.07) is 2.00. The second kappa shape index (κ2) is 8.27. The highest BCUT2D eigenvalue weighted by Crippen LogP contribution is 2.25. The Morgan fingerprint density at radius 1 is 1.32 bits per heavy atom. The molecule has 1 N–H and O–H groups in total. The van der Waals surface area contributed by atoms with Gasteiger partial charge in [-0.05, 0) is 31.4 Å². The van der Waals surface area contributed by atoms with E-state index in [1.165, 1.54) is 0 Å². The summed E-state index contributed by atoms with van der Waals surface area (Å²) in [6.45, 7) is 6.45. The van der Waals surface area contributed by atoms with E-state index in [1.807, 2.05) is 6.92 Å². The van der Waals surface area contributed by atoms with Gasteiger partial charge in [0.2, 0.25) is 5.91 Å². The number of benzene rings is 1. The van der Waals surface area contributed by atoms with E-state index < -0.39 is 23.1 Å².